The summed E-state index contributed by atoms with van der Waals surface area (Å²) in [5, 5.41) is 2.94. The van der Waals surface area contributed by atoms with Crippen molar-refractivity contribution in [2.24, 2.45) is 0 Å². The van der Waals surface area contributed by atoms with Crippen LogP contribution in [0.2, 0.25) is 0 Å². The van der Waals surface area contributed by atoms with Crippen LogP contribution in [0.1, 0.15) is 16.8 Å². The molecule has 240 valence electrons. The second kappa shape index (κ2) is 15.6. The predicted octanol–water partition coefficient (Wildman–Crippen LogP) is 5.36. The Balaban J connectivity index is 1.33. The summed E-state index contributed by atoms with van der Waals surface area (Å²) >= 11 is 0. The Hall–Kier alpha value is -5.55. The lowest BCUT2D eigenvalue weighted by Gasteiger charge is -2.31. The summed E-state index contributed by atoms with van der Waals surface area (Å²) in [6, 6.07) is 33.9. The molecule has 4 aromatic carbocycles. The molecule has 47 heavy (non-hydrogen) atoms. The van der Waals surface area contributed by atoms with E-state index in [0.29, 0.717) is 5.69 Å². The van der Waals surface area contributed by atoms with E-state index in [0.717, 1.165) is 23.3 Å². The summed E-state index contributed by atoms with van der Waals surface area (Å²) in [7, 11) is -3.95. The normalized spacial score (nSPS) is 11.7. The molecule has 0 fully saturated rings. The molecule has 0 aliphatic carbocycles. The van der Waals surface area contributed by atoms with Gasteiger partial charge in [-0.05, 0) is 71.8 Å². The third kappa shape index (κ3) is 9.47. The number of nitrogens with zero attached hydrogens (tertiary/aromatic N) is 2. The third-order valence-corrected chi connectivity index (χ3v) is 8.63. The maximum absolute atomic E-state index is 13.9. The zero-order valence-electron chi connectivity index (χ0n) is 25.3. The Labute approximate surface area is 273 Å². The first-order valence-corrected chi connectivity index (χ1v) is 16.3. The van der Waals surface area contributed by atoms with Crippen LogP contribution < -0.4 is 14.8 Å². The first kappa shape index (κ1) is 32.8. The van der Waals surface area contributed by atoms with E-state index in [2.05, 4.69) is 15.0 Å². The van der Waals surface area contributed by atoms with Gasteiger partial charge in [0.1, 0.15) is 17.6 Å². The summed E-state index contributed by atoms with van der Waals surface area (Å²) in [6.45, 7) is -0.0462. The van der Waals surface area contributed by atoms with E-state index in [9.17, 15) is 22.4 Å². The molecule has 1 heterocycles. The molecule has 2 amide bonds. The van der Waals surface area contributed by atoms with Crippen LogP contribution in [0.3, 0.4) is 0 Å². The molecule has 5 aromatic rings. The standard InChI is InChI=1S/C36H33FN4O5S/c37-29-14-16-30(17-15-29)40-47(44,45)33-20-18-32(19-21-33)46-26-35(42)41(25-28-11-5-2-6-12-28)34(23-27-9-3-1-4-10-27)36(43)39-24-31-13-7-8-22-38-31/h1-22,34,40H,23-26H2,(H,39,43)/t34-/m1/s1. The highest BCUT2D eigenvalue weighted by atomic mass is 32.2. The van der Waals surface area contributed by atoms with Gasteiger partial charge in [0.25, 0.3) is 15.9 Å². The number of benzene rings is 4. The van der Waals surface area contributed by atoms with E-state index in [1.165, 1.54) is 41.3 Å². The number of pyridine rings is 1. The molecule has 0 saturated heterocycles. The molecule has 0 unspecified atom stereocenters. The van der Waals surface area contributed by atoms with Crippen molar-refractivity contribution in [3.63, 3.8) is 0 Å². The Bertz CT molecular complexity index is 1860. The molecule has 0 saturated carbocycles. The minimum Gasteiger partial charge on any atom is -0.484 e. The van der Waals surface area contributed by atoms with Crippen molar-refractivity contribution in [1.29, 1.82) is 0 Å². The molecule has 0 bridgehead atoms. The summed E-state index contributed by atoms with van der Waals surface area (Å²) in [5.74, 6) is -0.995. The second-order valence-electron chi connectivity index (χ2n) is 10.6. The van der Waals surface area contributed by atoms with Crippen molar-refractivity contribution in [2.75, 3.05) is 11.3 Å². The van der Waals surface area contributed by atoms with Crippen LogP contribution in [-0.4, -0.2) is 42.8 Å². The summed E-state index contributed by atoms with van der Waals surface area (Å²) < 4.78 is 47.0. The fraction of sp³-hybridized carbons (Fsp3) is 0.139. The number of sulfonamides is 1. The number of ether oxygens (including phenoxy) is 1. The highest BCUT2D eigenvalue weighted by Crippen LogP contribution is 2.21. The Morgan fingerprint density at radius 3 is 2.06 bits per heavy atom. The molecule has 0 aliphatic rings. The number of amides is 2. The number of hydrogen-bond acceptors (Lipinski definition) is 6. The number of rotatable bonds is 14. The summed E-state index contributed by atoms with van der Waals surface area (Å²) in [4.78, 5) is 33.4. The zero-order valence-corrected chi connectivity index (χ0v) is 26.1. The summed E-state index contributed by atoms with van der Waals surface area (Å²) in [5.41, 5.74) is 2.61. The minimum absolute atomic E-state index is 0.0429. The molecule has 1 atom stereocenters. The quantitative estimate of drug-likeness (QED) is 0.167. The van der Waals surface area contributed by atoms with Gasteiger partial charge in [0.15, 0.2) is 6.61 Å². The van der Waals surface area contributed by atoms with Crippen LogP contribution in [0.5, 0.6) is 5.75 Å². The van der Waals surface area contributed by atoms with Gasteiger partial charge in [0.05, 0.1) is 17.1 Å². The molecule has 2 N–H and O–H groups in total. The van der Waals surface area contributed by atoms with Crippen LogP contribution in [0, 0.1) is 5.82 Å². The smallest absolute Gasteiger partial charge is 0.261 e. The van der Waals surface area contributed by atoms with Crippen LogP contribution in [0.15, 0.2) is 138 Å². The van der Waals surface area contributed by atoms with Gasteiger partial charge in [-0.25, -0.2) is 12.8 Å². The van der Waals surface area contributed by atoms with Crippen molar-refractivity contribution >= 4 is 27.5 Å². The predicted molar refractivity (Wildman–Crippen MR) is 176 cm³/mol. The molecule has 9 nitrogen and oxygen atoms in total. The fourth-order valence-electron chi connectivity index (χ4n) is 4.81. The first-order valence-electron chi connectivity index (χ1n) is 14.8. The monoisotopic (exact) mass is 652 g/mol. The molecule has 0 spiro atoms. The van der Waals surface area contributed by atoms with E-state index in [-0.39, 0.29) is 41.7 Å². The molecule has 0 aliphatic heterocycles. The number of nitrogens with one attached hydrogen (secondary N) is 2. The van der Waals surface area contributed by atoms with Gasteiger partial charge in [-0.2, -0.15) is 0 Å². The third-order valence-electron chi connectivity index (χ3n) is 7.23. The van der Waals surface area contributed by atoms with Crippen molar-refractivity contribution in [1.82, 2.24) is 15.2 Å². The maximum Gasteiger partial charge on any atom is 0.261 e. The lowest BCUT2D eigenvalue weighted by atomic mass is 10.0. The van der Waals surface area contributed by atoms with Crippen molar-refractivity contribution in [2.45, 2.75) is 30.4 Å². The topological polar surface area (TPSA) is 118 Å². The van der Waals surface area contributed by atoms with Gasteiger partial charge in [-0.1, -0.05) is 66.7 Å². The molecule has 1 aromatic heterocycles. The number of anilines is 1. The molecular weight excluding hydrogens is 619 g/mol. The average molecular weight is 653 g/mol. The number of hydrogen-bond donors (Lipinski definition) is 2. The van der Waals surface area contributed by atoms with Crippen LogP contribution >= 0.6 is 0 Å². The van der Waals surface area contributed by atoms with Crippen molar-refractivity contribution < 1.29 is 27.1 Å². The van der Waals surface area contributed by atoms with E-state index in [4.69, 9.17) is 4.74 Å². The number of carbonyl (C=O) groups is 2. The highest BCUT2D eigenvalue weighted by Gasteiger charge is 2.31. The van der Waals surface area contributed by atoms with E-state index < -0.39 is 34.4 Å². The van der Waals surface area contributed by atoms with Crippen molar-refractivity contribution in [3.05, 3.63) is 156 Å². The number of aromatic nitrogens is 1. The Morgan fingerprint density at radius 1 is 0.787 bits per heavy atom. The van der Waals surface area contributed by atoms with Gasteiger partial charge < -0.3 is 15.0 Å². The van der Waals surface area contributed by atoms with E-state index in [1.807, 2.05) is 72.8 Å². The summed E-state index contributed by atoms with van der Waals surface area (Å²) in [6.07, 6.45) is 1.91. The number of carbonyl (C=O) groups excluding carboxylic acids is 2. The van der Waals surface area contributed by atoms with Crippen molar-refractivity contribution in [3.8, 4) is 5.75 Å². The van der Waals surface area contributed by atoms with E-state index >= 15 is 0 Å². The minimum atomic E-state index is -3.95. The maximum atomic E-state index is 13.9. The number of halogens is 1. The van der Waals surface area contributed by atoms with Gasteiger partial charge in [-0.3, -0.25) is 19.3 Å². The second-order valence-corrected chi connectivity index (χ2v) is 12.3. The molecular formula is C36H33FN4O5S. The largest absolute Gasteiger partial charge is 0.484 e. The van der Waals surface area contributed by atoms with Crippen LogP contribution in [0.4, 0.5) is 10.1 Å². The fourth-order valence-corrected chi connectivity index (χ4v) is 5.87. The zero-order chi connectivity index (χ0) is 33.1. The first-order chi connectivity index (χ1) is 22.8. The highest BCUT2D eigenvalue weighted by molar-refractivity contribution is 7.92. The molecule has 5 rings (SSSR count). The molecule has 11 heteroatoms. The van der Waals surface area contributed by atoms with Gasteiger partial charge in [0.2, 0.25) is 5.91 Å². The lowest BCUT2D eigenvalue weighted by molar-refractivity contribution is -0.142. The average Bonchev–Trinajstić information content (AvgIpc) is 3.10. The van der Waals surface area contributed by atoms with Gasteiger partial charge in [0, 0.05) is 24.8 Å². The lowest BCUT2D eigenvalue weighted by Crippen LogP contribution is -2.51. The molecule has 0 radical (unpaired) electrons. The van der Waals surface area contributed by atoms with Crippen LogP contribution in [-0.2, 0) is 39.1 Å². The van der Waals surface area contributed by atoms with Gasteiger partial charge >= 0.3 is 0 Å². The SMILES string of the molecule is O=C(NCc1ccccn1)[C@@H](Cc1ccccc1)N(Cc1ccccc1)C(=O)COc1ccc(S(=O)(=O)Nc2ccc(F)cc2)cc1. The van der Waals surface area contributed by atoms with Gasteiger partial charge in [-0.15, -0.1) is 0 Å². The van der Waals surface area contributed by atoms with Crippen LogP contribution in [0.25, 0.3) is 0 Å². The Morgan fingerprint density at radius 2 is 1.43 bits per heavy atom. The Kier molecular flexibility index (Phi) is 10.9. The van der Waals surface area contributed by atoms with E-state index in [1.54, 1.807) is 12.3 Å².